The third-order valence-electron chi connectivity index (χ3n) is 0. The van der Waals surface area contributed by atoms with E-state index in [1.54, 1.807) is 0 Å². The van der Waals surface area contributed by atoms with Gasteiger partial charge in [0, 0.05) is 57.6 Å². The van der Waals surface area contributed by atoms with Crippen molar-refractivity contribution in [3.05, 3.63) is 0 Å². The molecule has 8 heteroatoms. The standard InChI is InChI=1S/Cu.Mo.H2O4S.Zn/c;;1-5(2,3)4;/h;;(H2,1,2,3,4);. The second-order valence-electron chi connectivity index (χ2n) is 0.448. The monoisotopic (exact) mass is 323 g/mol. The molecule has 1 radical (unpaired) electrons. The largest absolute Gasteiger partial charge is 0.394 e. The molecule has 0 rings (SSSR count). The van der Waals surface area contributed by atoms with Gasteiger partial charge in [0.05, 0.1) is 0 Å². The van der Waals surface area contributed by atoms with Crippen LogP contribution in [-0.2, 0) is 68.0 Å². The van der Waals surface area contributed by atoms with Crippen molar-refractivity contribution in [2.75, 3.05) is 0 Å². The molecule has 0 aliphatic rings. The Balaban J connectivity index is -0.0000000267. The van der Waals surface area contributed by atoms with Crippen LogP contribution in [0.1, 0.15) is 0 Å². The molecule has 0 atom stereocenters. The fourth-order valence-electron chi connectivity index (χ4n) is 0. The summed E-state index contributed by atoms with van der Waals surface area (Å²) in [7, 11) is -4.67. The van der Waals surface area contributed by atoms with Crippen molar-refractivity contribution >= 4 is 10.4 Å². The van der Waals surface area contributed by atoms with Crippen LogP contribution in [0.15, 0.2) is 0 Å². The number of hydrogen-bond acceptors (Lipinski definition) is 2. The molecule has 0 fully saturated rings. The summed E-state index contributed by atoms with van der Waals surface area (Å²) in [5.41, 5.74) is 0. The minimum Gasteiger partial charge on any atom is -0.264 e. The van der Waals surface area contributed by atoms with E-state index in [1.807, 2.05) is 0 Å². The summed E-state index contributed by atoms with van der Waals surface area (Å²) >= 11 is 0. The van der Waals surface area contributed by atoms with Crippen LogP contribution < -0.4 is 0 Å². The van der Waals surface area contributed by atoms with Crippen molar-refractivity contribution in [2.24, 2.45) is 0 Å². The van der Waals surface area contributed by atoms with E-state index in [9.17, 15) is 0 Å². The molecule has 2 N–H and O–H groups in total. The normalized spacial score (nSPS) is 7.25. The van der Waals surface area contributed by atoms with Crippen molar-refractivity contribution in [1.29, 1.82) is 0 Å². The first-order valence-electron chi connectivity index (χ1n) is 0.698. The van der Waals surface area contributed by atoms with Crippen LogP contribution in [-0.4, -0.2) is 17.5 Å². The van der Waals surface area contributed by atoms with E-state index in [1.165, 1.54) is 0 Å². The van der Waals surface area contributed by atoms with E-state index in [4.69, 9.17) is 17.5 Å². The molecular weight excluding hydrogens is 321 g/mol. The minimum atomic E-state index is -4.67. The van der Waals surface area contributed by atoms with Crippen LogP contribution in [0.5, 0.6) is 0 Å². The zero-order valence-corrected chi connectivity index (χ0v) is 10.3. The summed E-state index contributed by atoms with van der Waals surface area (Å²) in [4.78, 5) is 0. The van der Waals surface area contributed by atoms with E-state index in [-0.39, 0.29) is 57.6 Å². The molecule has 0 bridgehead atoms. The van der Waals surface area contributed by atoms with Crippen LogP contribution >= 0.6 is 0 Å². The Labute approximate surface area is 84.9 Å². The van der Waals surface area contributed by atoms with Crippen LogP contribution in [0, 0.1) is 0 Å². The molecular formula is H2CuMoO4SZn. The Hall–Kier alpha value is 1.70. The molecule has 0 aromatic heterocycles. The van der Waals surface area contributed by atoms with Crippen molar-refractivity contribution in [2.45, 2.75) is 0 Å². The third kappa shape index (κ3) is 119. The smallest absolute Gasteiger partial charge is 0.264 e. The predicted molar refractivity (Wildman–Crippen MR) is 14.2 cm³/mol. The van der Waals surface area contributed by atoms with Crippen LogP contribution in [0.4, 0.5) is 0 Å². The fraction of sp³-hybridized carbons (Fsp3) is 0. The van der Waals surface area contributed by atoms with Crippen molar-refractivity contribution in [3.63, 3.8) is 0 Å². The number of rotatable bonds is 0. The predicted octanol–water partition coefficient (Wildman–Crippen LogP) is -0.660. The maximum atomic E-state index is 8.74. The maximum Gasteiger partial charge on any atom is 0.394 e. The second kappa shape index (κ2) is 8.70. The van der Waals surface area contributed by atoms with E-state index < -0.39 is 10.4 Å². The molecule has 51 valence electrons. The van der Waals surface area contributed by atoms with Gasteiger partial charge >= 0.3 is 10.4 Å². The quantitative estimate of drug-likeness (QED) is 0.459. The summed E-state index contributed by atoms with van der Waals surface area (Å²) in [6, 6.07) is 0. The van der Waals surface area contributed by atoms with Crippen molar-refractivity contribution in [3.8, 4) is 0 Å². The molecule has 4 nitrogen and oxygen atoms in total. The van der Waals surface area contributed by atoms with Gasteiger partial charge < -0.3 is 0 Å². The summed E-state index contributed by atoms with van der Waals surface area (Å²) in [6.45, 7) is 0. The topological polar surface area (TPSA) is 74.6 Å². The van der Waals surface area contributed by atoms with E-state index in [2.05, 4.69) is 0 Å². The van der Waals surface area contributed by atoms with Crippen LogP contribution in [0.3, 0.4) is 0 Å². The fourth-order valence-corrected chi connectivity index (χ4v) is 0. The van der Waals surface area contributed by atoms with E-state index in [0.717, 1.165) is 0 Å². The molecule has 0 saturated heterocycles. The Morgan fingerprint density at radius 2 is 1.12 bits per heavy atom. The molecule has 0 aromatic carbocycles. The van der Waals surface area contributed by atoms with Crippen molar-refractivity contribution < 1.29 is 75.1 Å². The zero-order valence-electron chi connectivity index (χ0n) is 3.54. The first-order chi connectivity index (χ1) is 2.00. The summed E-state index contributed by atoms with van der Waals surface area (Å²) in [5, 5.41) is 0. The first-order valence-corrected chi connectivity index (χ1v) is 2.10. The summed E-state index contributed by atoms with van der Waals surface area (Å²) in [5.74, 6) is 0. The molecule has 0 saturated carbocycles. The third-order valence-corrected chi connectivity index (χ3v) is 0. The Bertz CT molecular complexity index is 99.2. The average molecular weight is 323 g/mol. The van der Waals surface area contributed by atoms with Crippen LogP contribution in [0.2, 0.25) is 0 Å². The van der Waals surface area contributed by atoms with Gasteiger partial charge in [0.15, 0.2) is 0 Å². The summed E-state index contributed by atoms with van der Waals surface area (Å²) in [6.07, 6.45) is 0. The van der Waals surface area contributed by atoms with E-state index >= 15 is 0 Å². The summed E-state index contributed by atoms with van der Waals surface area (Å²) < 4.78 is 31.6. The molecule has 0 aliphatic carbocycles. The molecule has 0 aromatic rings. The molecule has 0 heterocycles. The maximum absolute atomic E-state index is 8.74. The van der Waals surface area contributed by atoms with Gasteiger partial charge in [-0.05, 0) is 0 Å². The first kappa shape index (κ1) is 22.6. The van der Waals surface area contributed by atoms with Crippen molar-refractivity contribution in [1.82, 2.24) is 0 Å². The van der Waals surface area contributed by atoms with Gasteiger partial charge in [-0.25, -0.2) is 0 Å². The van der Waals surface area contributed by atoms with Gasteiger partial charge in [0.25, 0.3) is 0 Å². The number of hydrogen-bond donors (Lipinski definition) is 2. The Kier molecular flexibility index (Phi) is 24.6. The van der Waals surface area contributed by atoms with Gasteiger partial charge in [-0.2, -0.15) is 8.42 Å². The second-order valence-corrected chi connectivity index (χ2v) is 1.34. The Morgan fingerprint density at radius 1 is 1.12 bits per heavy atom. The van der Waals surface area contributed by atoms with Gasteiger partial charge in [-0.3, -0.25) is 9.11 Å². The van der Waals surface area contributed by atoms with Gasteiger partial charge in [0.1, 0.15) is 0 Å². The Morgan fingerprint density at radius 3 is 1.12 bits per heavy atom. The van der Waals surface area contributed by atoms with E-state index in [0.29, 0.717) is 0 Å². The van der Waals surface area contributed by atoms with Gasteiger partial charge in [-0.15, -0.1) is 0 Å². The average Bonchev–Trinajstić information content (AvgIpc) is 0.722. The molecule has 0 aliphatic heterocycles. The molecule has 0 amide bonds. The van der Waals surface area contributed by atoms with Crippen LogP contribution in [0.25, 0.3) is 0 Å². The molecule has 0 unspecified atom stereocenters. The van der Waals surface area contributed by atoms with Gasteiger partial charge in [0.2, 0.25) is 0 Å². The zero-order chi connectivity index (χ0) is 4.50. The molecule has 8 heavy (non-hydrogen) atoms. The minimum absolute atomic E-state index is 0. The van der Waals surface area contributed by atoms with Gasteiger partial charge in [-0.1, -0.05) is 0 Å². The SMILES string of the molecule is O=S(=O)(O)O.[Cu].[Mo].[Zn]. The molecule has 0 spiro atoms.